The van der Waals surface area contributed by atoms with Gasteiger partial charge < -0.3 is 20.1 Å². The number of methoxy groups -OCH3 is 2. The normalized spacial score (nSPS) is 15.4. The number of hydrogen-bond acceptors (Lipinski definition) is 5. The van der Waals surface area contributed by atoms with Crippen molar-refractivity contribution < 1.29 is 14.3 Å². The number of rotatable bonds is 5. The van der Waals surface area contributed by atoms with Crippen LogP contribution in [0.5, 0.6) is 11.5 Å². The van der Waals surface area contributed by atoms with E-state index in [4.69, 9.17) is 9.47 Å². The fraction of sp³-hybridized carbons (Fsp3) is 0.533. The van der Waals surface area contributed by atoms with Gasteiger partial charge in [0, 0.05) is 37.0 Å². The fourth-order valence-electron chi connectivity index (χ4n) is 2.34. The number of carbonyl (C=O) groups excluding carboxylic acids is 1. The Labute approximate surface area is 137 Å². The predicted molar refractivity (Wildman–Crippen MR) is 89.4 cm³/mol. The van der Waals surface area contributed by atoms with Crippen molar-refractivity contribution in [3.8, 4) is 11.5 Å². The Hall–Kier alpha value is -1.50. The first-order valence-corrected chi connectivity index (χ1v) is 7.17. The highest BCUT2D eigenvalue weighted by atomic mass is 35.5. The van der Waals surface area contributed by atoms with E-state index in [1.807, 2.05) is 0 Å². The minimum absolute atomic E-state index is 0. The monoisotopic (exact) mass is 329 g/mol. The van der Waals surface area contributed by atoms with Crippen LogP contribution < -0.4 is 20.1 Å². The molecule has 7 heteroatoms. The summed E-state index contributed by atoms with van der Waals surface area (Å²) >= 11 is 0. The Bertz CT molecular complexity index is 455. The lowest BCUT2D eigenvalue weighted by molar-refractivity contribution is -0.117. The average molecular weight is 330 g/mol. The van der Waals surface area contributed by atoms with E-state index in [0.29, 0.717) is 23.7 Å². The summed E-state index contributed by atoms with van der Waals surface area (Å²) in [5.74, 6) is 1.29. The molecule has 0 aromatic heterocycles. The molecule has 0 saturated carbocycles. The first kappa shape index (κ1) is 18.5. The Morgan fingerprint density at radius 2 is 1.86 bits per heavy atom. The Balaban J connectivity index is 0.00000242. The van der Waals surface area contributed by atoms with Crippen LogP contribution in [0.3, 0.4) is 0 Å². The van der Waals surface area contributed by atoms with Gasteiger partial charge in [-0.1, -0.05) is 0 Å². The number of hydrogen-bond donors (Lipinski definition) is 2. The van der Waals surface area contributed by atoms with Gasteiger partial charge in [-0.15, -0.1) is 12.4 Å². The molecule has 1 aromatic rings. The molecular formula is C15H24ClN3O3. The van der Waals surface area contributed by atoms with E-state index < -0.39 is 0 Å². The van der Waals surface area contributed by atoms with Crippen molar-refractivity contribution in [2.24, 2.45) is 0 Å². The van der Waals surface area contributed by atoms with Gasteiger partial charge in [0.1, 0.15) is 11.5 Å². The largest absolute Gasteiger partial charge is 0.497 e. The number of nitrogens with zero attached hydrogens (tertiary/aromatic N) is 1. The van der Waals surface area contributed by atoms with E-state index in [-0.39, 0.29) is 18.3 Å². The van der Waals surface area contributed by atoms with Crippen molar-refractivity contribution in [2.45, 2.75) is 6.42 Å². The summed E-state index contributed by atoms with van der Waals surface area (Å²) in [4.78, 5) is 14.3. The van der Waals surface area contributed by atoms with E-state index in [9.17, 15) is 4.79 Å². The fourth-order valence-corrected chi connectivity index (χ4v) is 2.34. The molecule has 0 aliphatic carbocycles. The van der Waals surface area contributed by atoms with Crippen molar-refractivity contribution in [1.29, 1.82) is 0 Å². The van der Waals surface area contributed by atoms with Crippen molar-refractivity contribution in [3.05, 3.63) is 18.2 Å². The summed E-state index contributed by atoms with van der Waals surface area (Å²) in [5.41, 5.74) is 0.684. The number of halogens is 1. The summed E-state index contributed by atoms with van der Waals surface area (Å²) in [6, 6.07) is 5.34. The molecule has 0 spiro atoms. The van der Waals surface area contributed by atoms with Crippen molar-refractivity contribution in [1.82, 2.24) is 10.2 Å². The molecule has 1 aromatic carbocycles. The van der Waals surface area contributed by atoms with Crippen LogP contribution in [-0.2, 0) is 4.79 Å². The summed E-state index contributed by atoms with van der Waals surface area (Å²) in [5, 5.41) is 6.22. The van der Waals surface area contributed by atoms with E-state index in [1.54, 1.807) is 32.4 Å². The topological polar surface area (TPSA) is 62.8 Å². The molecule has 124 valence electrons. The molecule has 0 radical (unpaired) electrons. The number of nitrogens with one attached hydrogen (secondary N) is 2. The maximum Gasteiger partial charge on any atom is 0.238 e. The molecule has 1 fully saturated rings. The number of ether oxygens (including phenoxy) is 2. The number of benzene rings is 1. The van der Waals surface area contributed by atoms with Gasteiger partial charge in [-0.25, -0.2) is 0 Å². The molecule has 1 aliphatic rings. The smallest absolute Gasteiger partial charge is 0.238 e. The third kappa shape index (κ3) is 5.71. The van der Waals surface area contributed by atoms with Gasteiger partial charge in [0.2, 0.25) is 5.91 Å². The maximum atomic E-state index is 12.1. The van der Waals surface area contributed by atoms with Gasteiger partial charge in [-0.2, -0.15) is 0 Å². The van der Waals surface area contributed by atoms with Crippen LogP contribution in [-0.4, -0.2) is 57.8 Å². The Kier molecular flexibility index (Phi) is 8.01. The van der Waals surface area contributed by atoms with Gasteiger partial charge in [0.25, 0.3) is 0 Å². The van der Waals surface area contributed by atoms with Crippen LogP contribution in [0.1, 0.15) is 6.42 Å². The zero-order valence-electron chi connectivity index (χ0n) is 13.1. The van der Waals surface area contributed by atoms with Crippen LogP contribution in [0, 0.1) is 0 Å². The highest BCUT2D eigenvalue weighted by Crippen LogP contribution is 2.25. The van der Waals surface area contributed by atoms with Crippen LogP contribution in [0.25, 0.3) is 0 Å². The molecule has 1 saturated heterocycles. The second-order valence-electron chi connectivity index (χ2n) is 5.03. The lowest BCUT2D eigenvalue weighted by Crippen LogP contribution is -2.35. The Morgan fingerprint density at radius 1 is 1.18 bits per heavy atom. The van der Waals surface area contributed by atoms with Crippen molar-refractivity contribution in [2.75, 3.05) is 52.3 Å². The number of amides is 1. The molecule has 0 atom stereocenters. The van der Waals surface area contributed by atoms with Crippen molar-refractivity contribution in [3.63, 3.8) is 0 Å². The summed E-state index contributed by atoms with van der Waals surface area (Å²) < 4.78 is 10.4. The van der Waals surface area contributed by atoms with Gasteiger partial charge in [0.05, 0.1) is 20.8 Å². The molecule has 0 bridgehead atoms. The standard InChI is InChI=1S/C15H23N3O3.ClH/c1-20-13-8-12(9-14(10-13)21-2)17-15(19)11-18-6-3-4-16-5-7-18;/h8-10,16H,3-7,11H2,1-2H3,(H,17,19);1H. The van der Waals surface area contributed by atoms with Crippen molar-refractivity contribution >= 4 is 24.0 Å². The zero-order valence-corrected chi connectivity index (χ0v) is 13.9. The van der Waals surface area contributed by atoms with Crippen LogP contribution in [0.15, 0.2) is 18.2 Å². The first-order valence-electron chi connectivity index (χ1n) is 7.17. The lowest BCUT2D eigenvalue weighted by Gasteiger charge is -2.19. The average Bonchev–Trinajstić information content (AvgIpc) is 2.75. The summed E-state index contributed by atoms with van der Waals surface area (Å²) in [6.45, 7) is 4.20. The first-order chi connectivity index (χ1) is 10.2. The summed E-state index contributed by atoms with van der Waals surface area (Å²) in [7, 11) is 3.18. The molecule has 22 heavy (non-hydrogen) atoms. The van der Waals surface area contributed by atoms with Gasteiger partial charge in [-0.05, 0) is 19.5 Å². The van der Waals surface area contributed by atoms with Gasteiger partial charge in [-0.3, -0.25) is 9.69 Å². The molecule has 6 nitrogen and oxygen atoms in total. The number of anilines is 1. The Morgan fingerprint density at radius 3 is 2.50 bits per heavy atom. The highest BCUT2D eigenvalue weighted by Gasteiger charge is 2.13. The summed E-state index contributed by atoms with van der Waals surface area (Å²) in [6.07, 6.45) is 1.07. The molecule has 1 aliphatic heterocycles. The lowest BCUT2D eigenvalue weighted by atomic mass is 10.2. The molecule has 2 rings (SSSR count). The number of carbonyl (C=O) groups is 1. The molecular weight excluding hydrogens is 306 g/mol. The van der Waals surface area contributed by atoms with E-state index in [0.717, 1.165) is 32.6 Å². The quantitative estimate of drug-likeness (QED) is 0.854. The highest BCUT2D eigenvalue weighted by molar-refractivity contribution is 5.92. The van der Waals surface area contributed by atoms with Gasteiger partial charge in [0.15, 0.2) is 0 Å². The van der Waals surface area contributed by atoms with E-state index in [2.05, 4.69) is 15.5 Å². The molecule has 1 heterocycles. The second kappa shape index (κ2) is 9.50. The third-order valence-electron chi connectivity index (χ3n) is 3.44. The predicted octanol–water partition coefficient (Wildman–Crippen LogP) is 1.36. The van der Waals surface area contributed by atoms with Gasteiger partial charge >= 0.3 is 0 Å². The third-order valence-corrected chi connectivity index (χ3v) is 3.44. The van der Waals surface area contributed by atoms with E-state index in [1.165, 1.54) is 0 Å². The van der Waals surface area contributed by atoms with Crippen LogP contribution in [0.4, 0.5) is 5.69 Å². The SMILES string of the molecule is COc1cc(NC(=O)CN2CCCNCC2)cc(OC)c1.Cl. The molecule has 2 N–H and O–H groups in total. The van der Waals surface area contributed by atoms with Crippen LogP contribution in [0.2, 0.25) is 0 Å². The van der Waals surface area contributed by atoms with E-state index >= 15 is 0 Å². The van der Waals surface area contributed by atoms with Crippen LogP contribution >= 0.6 is 12.4 Å². The maximum absolute atomic E-state index is 12.1. The zero-order chi connectivity index (χ0) is 15.1. The second-order valence-corrected chi connectivity index (χ2v) is 5.03. The molecule has 0 unspecified atom stereocenters. The molecule has 1 amide bonds. The minimum atomic E-state index is -0.0211. The minimum Gasteiger partial charge on any atom is -0.497 e.